The van der Waals surface area contributed by atoms with Crippen molar-refractivity contribution in [2.75, 3.05) is 0 Å². The van der Waals surface area contributed by atoms with Crippen molar-refractivity contribution in [2.24, 2.45) is 21.7 Å². The van der Waals surface area contributed by atoms with Crippen LogP contribution >= 0.6 is 0 Å². The van der Waals surface area contributed by atoms with Crippen LogP contribution in [0, 0.1) is 46.6 Å². The molecule has 0 aliphatic carbocycles. The van der Waals surface area contributed by atoms with Gasteiger partial charge in [0.25, 0.3) is 0 Å². The maximum absolute atomic E-state index is 3.77. The van der Waals surface area contributed by atoms with Gasteiger partial charge in [0, 0.05) is 0 Å². The summed E-state index contributed by atoms with van der Waals surface area (Å²) in [5.41, 5.74) is 1.08. The van der Waals surface area contributed by atoms with Crippen LogP contribution in [0.4, 0.5) is 0 Å². The largest absolute Gasteiger partial charge is 0.338 e. The van der Waals surface area contributed by atoms with Gasteiger partial charge in [-0.3, -0.25) is 0 Å². The van der Waals surface area contributed by atoms with E-state index in [1.54, 1.807) is 0 Å². The molecule has 0 radical (unpaired) electrons. The zero-order valence-electron chi connectivity index (χ0n) is 17.0. The smallest absolute Gasteiger partial charge is 0.0878 e. The zero-order chi connectivity index (χ0) is 18.7. The molecule has 0 atom stereocenters. The van der Waals surface area contributed by atoms with Gasteiger partial charge in [0.05, 0.1) is 0 Å². The van der Waals surface area contributed by atoms with Gasteiger partial charge in [0.1, 0.15) is 0 Å². The molecule has 0 aliphatic rings. The Balaban J connectivity index is -0.0000000921. The van der Waals surface area contributed by atoms with Gasteiger partial charge in [-0.25, -0.2) is 0 Å². The molecular formula is C20H42W-3. The predicted molar refractivity (Wildman–Crippen MR) is 97.8 cm³/mol. The third kappa shape index (κ3) is 580. The van der Waals surface area contributed by atoms with Gasteiger partial charge in [0.15, 0.2) is 0 Å². The maximum Gasteiger partial charge on any atom is -0.0878 e. The second-order valence-corrected chi connectivity index (χ2v) is 10.8. The monoisotopic (exact) mass is 466 g/mol. The van der Waals surface area contributed by atoms with Gasteiger partial charge in [-0.05, 0) is 0 Å². The Bertz CT molecular complexity index is 206. The summed E-state index contributed by atoms with van der Waals surface area (Å²) in [6.07, 6.45) is 0. The molecule has 21 heavy (non-hydrogen) atoms. The molecule has 0 unspecified atom stereocenters. The van der Waals surface area contributed by atoms with Gasteiger partial charge < -0.3 is 20.8 Å². The summed E-state index contributed by atoms with van der Waals surface area (Å²) in [5, 5.41) is 0. The van der Waals surface area contributed by atoms with Gasteiger partial charge >= 0.3 is 49.5 Å². The molecule has 0 aliphatic heterocycles. The normalized spacial score (nSPS) is 11.5. The number of hydrogen-bond acceptors (Lipinski definition) is 0. The molecule has 1 heteroatoms. The van der Waals surface area contributed by atoms with E-state index in [9.17, 15) is 0 Å². The fourth-order valence-corrected chi connectivity index (χ4v) is 0. The quantitative estimate of drug-likeness (QED) is 0.333. The van der Waals surface area contributed by atoms with Gasteiger partial charge in [-0.2, -0.15) is 16.2 Å². The topological polar surface area (TPSA) is 0 Å². The fourth-order valence-electron chi connectivity index (χ4n) is 0. The Hall–Kier alpha value is 0.468. The first-order valence-corrected chi connectivity index (χ1v) is 8.98. The summed E-state index contributed by atoms with van der Waals surface area (Å²) in [6, 6.07) is 0. The molecule has 0 spiro atoms. The number of hydrogen-bond donors (Lipinski definition) is 0. The van der Waals surface area contributed by atoms with Gasteiger partial charge in [-0.1, -0.05) is 62.3 Å². The van der Waals surface area contributed by atoms with Gasteiger partial charge in [-0.15, -0.1) is 0 Å². The Kier molecular flexibility index (Phi) is 16.8. The Morgan fingerprint density at radius 3 is 0.571 bits per heavy atom. The molecule has 0 heterocycles. The minimum absolute atomic E-state index is 0.250. The number of rotatable bonds is 0. The molecule has 0 rings (SSSR count). The van der Waals surface area contributed by atoms with Crippen LogP contribution in [-0.2, 0) is 19.2 Å². The fraction of sp³-hybridized carbons (Fsp3) is 0.800. The third-order valence-corrected chi connectivity index (χ3v) is 2.51. The standard InChI is InChI=1S/3C5H11.C5H9.W/c4*1-5(2,3)4;/h3*1H2,2-4H3;1-3H3;/q3*-1;;. The van der Waals surface area contributed by atoms with Crippen LogP contribution < -0.4 is 0 Å². The Morgan fingerprint density at radius 2 is 0.571 bits per heavy atom. The first kappa shape index (κ1) is 29.5. The van der Waals surface area contributed by atoms with E-state index >= 15 is 0 Å². The molecule has 0 fully saturated rings. The molecule has 0 N–H and O–H groups in total. The van der Waals surface area contributed by atoms with E-state index in [1.165, 1.54) is 19.2 Å². The Morgan fingerprint density at radius 1 is 0.524 bits per heavy atom. The second kappa shape index (κ2) is 12.0. The zero-order valence-corrected chi connectivity index (χ0v) is 20.0. The molecule has 0 aromatic rings. The molecule has 0 amide bonds. The van der Waals surface area contributed by atoms with Crippen molar-refractivity contribution in [1.29, 1.82) is 0 Å². The second-order valence-electron chi connectivity index (χ2n) is 10.0. The first-order chi connectivity index (χ1) is 8.56. The average Bonchev–Trinajstić information content (AvgIpc) is 1.91. The van der Waals surface area contributed by atoms with Crippen molar-refractivity contribution < 1.29 is 19.2 Å². The van der Waals surface area contributed by atoms with Crippen molar-refractivity contribution in [2.45, 2.75) is 83.1 Å². The van der Waals surface area contributed by atoms with E-state index in [-0.39, 0.29) is 16.2 Å². The molecule has 0 nitrogen and oxygen atoms in total. The molecular weight excluding hydrogens is 424 g/mol. The van der Waals surface area contributed by atoms with Crippen molar-refractivity contribution in [3.8, 4) is 4.20 Å². The molecule has 0 bridgehead atoms. The van der Waals surface area contributed by atoms with Crippen molar-refractivity contribution in [3.63, 3.8) is 0 Å². The van der Waals surface area contributed by atoms with E-state index in [0.29, 0.717) is 5.41 Å². The van der Waals surface area contributed by atoms with Crippen LogP contribution in [0.3, 0.4) is 0 Å². The summed E-state index contributed by atoms with van der Waals surface area (Å²) < 4.78 is 3.19. The van der Waals surface area contributed by atoms with Crippen LogP contribution in [0.15, 0.2) is 0 Å². The van der Waals surface area contributed by atoms with E-state index in [2.05, 4.69) is 108 Å². The molecule has 0 saturated carbocycles. The van der Waals surface area contributed by atoms with E-state index < -0.39 is 0 Å². The predicted octanol–water partition coefficient (Wildman–Crippen LogP) is 7.14. The van der Waals surface area contributed by atoms with Crippen LogP contribution in [0.25, 0.3) is 0 Å². The summed E-state index contributed by atoms with van der Waals surface area (Å²) in [7, 11) is 0. The van der Waals surface area contributed by atoms with Crippen LogP contribution in [0.5, 0.6) is 0 Å². The van der Waals surface area contributed by atoms with E-state index in [0.717, 1.165) is 0 Å². The van der Waals surface area contributed by atoms with E-state index in [4.69, 9.17) is 0 Å². The Labute approximate surface area is 148 Å². The minimum Gasteiger partial charge on any atom is -0.338 e. The third-order valence-electron chi connectivity index (χ3n) is 0.306. The summed E-state index contributed by atoms with van der Waals surface area (Å²) in [4.78, 5) is 0. The summed E-state index contributed by atoms with van der Waals surface area (Å²) in [5.74, 6) is 0. The van der Waals surface area contributed by atoms with E-state index in [1.807, 2.05) is 0 Å². The molecule has 0 aromatic carbocycles. The summed E-state index contributed by atoms with van der Waals surface area (Å²) >= 11 is 1.44. The average molecular weight is 466 g/mol. The van der Waals surface area contributed by atoms with Crippen LogP contribution in [0.1, 0.15) is 83.1 Å². The van der Waals surface area contributed by atoms with Crippen molar-refractivity contribution in [1.82, 2.24) is 0 Å². The summed E-state index contributed by atoms with van der Waals surface area (Å²) in [6.45, 7) is 36.5. The first-order valence-electron chi connectivity index (χ1n) is 7.51. The molecule has 0 aromatic heterocycles. The van der Waals surface area contributed by atoms with Crippen molar-refractivity contribution >= 4 is 0 Å². The molecule has 131 valence electrons. The minimum atomic E-state index is 0.250. The SMILES string of the molecule is CC(C)(C)[C]#[W].[CH2-]C(C)(C)C.[CH2-]C(C)(C)C.[CH2-]C(C)(C)C. The van der Waals surface area contributed by atoms with Crippen LogP contribution in [-0.4, -0.2) is 0 Å². The maximum atomic E-state index is 3.77. The van der Waals surface area contributed by atoms with Gasteiger partial charge in [0.2, 0.25) is 0 Å². The van der Waals surface area contributed by atoms with Crippen LogP contribution in [0.2, 0.25) is 0 Å². The molecule has 0 saturated heterocycles. The van der Waals surface area contributed by atoms with Crippen molar-refractivity contribution in [3.05, 3.63) is 20.8 Å².